The molecule has 0 saturated carbocycles. The van der Waals surface area contributed by atoms with Crippen LogP contribution in [0.3, 0.4) is 0 Å². The maximum atomic E-state index is 13.1. The molecule has 106 valence electrons. The van der Waals surface area contributed by atoms with Crippen molar-refractivity contribution in [1.82, 2.24) is 0 Å². The van der Waals surface area contributed by atoms with Crippen LogP contribution in [0.25, 0.3) is 0 Å². The lowest BCUT2D eigenvalue weighted by Gasteiger charge is -2.20. The van der Waals surface area contributed by atoms with Gasteiger partial charge in [-0.15, -0.1) is 0 Å². The minimum Gasteiger partial charge on any atom is -0.377 e. The summed E-state index contributed by atoms with van der Waals surface area (Å²) in [4.78, 5) is 0. The smallest absolute Gasteiger partial charge is 0.124 e. The van der Waals surface area contributed by atoms with Crippen molar-refractivity contribution >= 4 is 33.2 Å². The topological polar surface area (TPSA) is 38.0 Å². The van der Waals surface area contributed by atoms with Crippen LogP contribution >= 0.6 is 27.5 Å². The molecule has 0 radical (unpaired) electrons. The first-order valence-corrected chi connectivity index (χ1v) is 7.36. The van der Waals surface area contributed by atoms with Gasteiger partial charge in [0.15, 0.2) is 0 Å². The van der Waals surface area contributed by atoms with Gasteiger partial charge in [-0.3, -0.25) is 0 Å². The molecule has 0 aliphatic carbocycles. The molecule has 0 bridgehead atoms. The fourth-order valence-electron chi connectivity index (χ4n) is 1.93. The van der Waals surface area contributed by atoms with Crippen LogP contribution in [-0.2, 0) is 0 Å². The number of nitrogens with one attached hydrogen (secondary N) is 1. The summed E-state index contributed by atoms with van der Waals surface area (Å²) in [6, 6.07) is 10.2. The number of aryl methyl sites for hydroxylation is 1. The Kier molecular flexibility index (Phi) is 5.02. The fourth-order valence-corrected chi connectivity index (χ4v) is 2.74. The Morgan fingerprint density at radius 3 is 2.65 bits per heavy atom. The van der Waals surface area contributed by atoms with Crippen molar-refractivity contribution in [2.45, 2.75) is 13.0 Å². The van der Waals surface area contributed by atoms with Gasteiger partial charge in [-0.05, 0) is 42.3 Å². The van der Waals surface area contributed by atoms with E-state index in [9.17, 15) is 4.39 Å². The molecule has 2 nitrogen and oxygen atoms in total. The Labute approximate surface area is 131 Å². The van der Waals surface area contributed by atoms with E-state index in [1.807, 2.05) is 25.1 Å². The first kappa shape index (κ1) is 15.3. The Balaban J connectivity index is 2.26. The molecule has 0 saturated heterocycles. The minimum atomic E-state index is -0.283. The summed E-state index contributed by atoms with van der Waals surface area (Å²) in [6.45, 7) is 2.33. The predicted molar refractivity (Wildman–Crippen MR) is 85.7 cm³/mol. The molecule has 20 heavy (non-hydrogen) atoms. The van der Waals surface area contributed by atoms with Gasteiger partial charge < -0.3 is 11.1 Å². The number of rotatable bonds is 4. The van der Waals surface area contributed by atoms with Crippen molar-refractivity contribution in [3.8, 4) is 0 Å². The summed E-state index contributed by atoms with van der Waals surface area (Å²) in [6.07, 6.45) is 0. The molecule has 1 unspecified atom stereocenters. The second kappa shape index (κ2) is 6.57. The van der Waals surface area contributed by atoms with Crippen molar-refractivity contribution in [2.24, 2.45) is 5.73 Å². The van der Waals surface area contributed by atoms with Crippen LogP contribution in [0.1, 0.15) is 17.2 Å². The van der Waals surface area contributed by atoms with Crippen LogP contribution in [0, 0.1) is 12.7 Å². The monoisotopic (exact) mass is 356 g/mol. The molecule has 0 spiro atoms. The number of hydrogen-bond acceptors (Lipinski definition) is 2. The average Bonchev–Trinajstić information content (AvgIpc) is 2.41. The maximum absolute atomic E-state index is 13.1. The highest BCUT2D eigenvalue weighted by Crippen LogP contribution is 2.28. The summed E-state index contributed by atoms with van der Waals surface area (Å²) in [7, 11) is 0. The van der Waals surface area contributed by atoms with E-state index in [4.69, 9.17) is 17.3 Å². The lowest BCUT2D eigenvalue weighted by molar-refractivity contribution is 0.624. The lowest BCUT2D eigenvalue weighted by Crippen LogP contribution is -2.21. The van der Waals surface area contributed by atoms with Crippen molar-refractivity contribution in [3.63, 3.8) is 0 Å². The van der Waals surface area contributed by atoms with E-state index in [2.05, 4.69) is 21.2 Å². The zero-order valence-corrected chi connectivity index (χ0v) is 13.3. The van der Waals surface area contributed by atoms with Crippen molar-refractivity contribution < 1.29 is 4.39 Å². The van der Waals surface area contributed by atoms with E-state index in [0.29, 0.717) is 16.0 Å². The van der Waals surface area contributed by atoms with Gasteiger partial charge in [0.25, 0.3) is 0 Å². The van der Waals surface area contributed by atoms with E-state index in [1.54, 1.807) is 6.07 Å². The molecular formula is C15H15BrClFN2. The van der Waals surface area contributed by atoms with Gasteiger partial charge in [-0.2, -0.15) is 0 Å². The first-order chi connectivity index (χ1) is 9.51. The van der Waals surface area contributed by atoms with E-state index in [-0.39, 0.29) is 11.9 Å². The molecule has 0 fully saturated rings. The number of hydrogen-bond donors (Lipinski definition) is 2. The molecule has 0 aliphatic rings. The van der Waals surface area contributed by atoms with Gasteiger partial charge in [-0.25, -0.2) is 4.39 Å². The predicted octanol–water partition coefficient (Wildman–Crippen LogP) is 4.66. The van der Waals surface area contributed by atoms with E-state index in [1.165, 1.54) is 12.1 Å². The summed E-state index contributed by atoms with van der Waals surface area (Å²) in [5, 5.41) is 4.01. The van der Waals surface area contributed by atoms with Crippen LogP contribution in [0.5, 0.6) is 0 Å². The van der Waals surface area contributed by atoms with Crippen LogP contribution in [0.15, 0.2) is 40.9 Å². The third-order valence-electron chi connectivity index (χ3n) is 3.09. The maximum Gasteiger partial charge on any atom is 0.124 e. The Bertz CT molecular complexity index is 619. The second-order valence-corrected chi connectivity index (χ2v) is 5.82. The standard InChI is InChI=1S/C15H15BrClFN2/c1-9-2-4-11(7-14(9)17)20-15(8-19)12-5-3-10(18)6-13(12)16/h2-7,15,20H,8,19H2,1H3. The second-order valence-electron chi connectivity index (χ2n) is 4.56. The zero-order valence-electron chi connectivity index (χ0n) is 11.0. The van der Waals surface area contributed by atoms with Crippen LogP contribution in [-0.4, -0.2) is 6.54 Å². The van der Waals surface area contributed by atoms with Gasteiger partial charge in [0, 0.05) is 21.7 Å². The number of halogens is 3. The van der Waals surface area contributed by atoms with Crippen LogP contribution < -0.4 is 11.1 Å². The molecule has 0 heterocycles. The largest absolute Gasteiger partial charge is 0.377 e. The highest BCUT2D eigenvalue weighted by molar-refractivity contribution is 9.10. The Morgan fingerprint density at radius 1 is 1.30 bits per heavy atom. The van der Waals surface area contributed by atoms with Crippen molar-refractivity contribution in [3.05, 3.63) is 62.8 Å². The molecule has 2 aromatic rings. The zero-order chi connectivity index (χ0) is 14.7. The highest BCUT2D eigenvalue weighted by atomic mass is 79.9. The number of nitrogens with two attached hydrogens (primary N) is 1. The fraction of sp³-hybridized carbons (Fsp3) is 0.200. The van der Waals surface area contributed by atoms with Crippen molar-refractivity contribution in [1.29, 1.82) is 0 Å². The van der Waals surface area contributed by atoms with Gasteiger partial charge in [-0.1, -0.05) is 39.7 Å². The summed E-state index contributed by atoms with van der Waals surface area (Å²) in [5.41, 5.74) is 8.63. The quantitative estimate of drug-likeness (QED) is 0.835. The highest BCUT2D eigenvalue weighted by Gasteiger charge is 2.13. The summed E-state index contributed by atoms with van der Waals surface area (Å²) >= 11 is 9.47. The summed E-state index contributed by atoms with van der Waals surface area (Å²) < 4.78 is 13.8. The van der Waals surface area contributed by atoms with E-state index < -0.39 is 0 Å². The molecule has 3 N–H and O–H groups in total. The van der Waals surface area contributed by atoms with E-state index in [0.717, 1.165) is 16.8 Å². The normalized spacial score (nSPS) is 12.2. The molecule has 2 rings (SSSR count). The lowest BCUT2D eigenvalue weighted by atomic mass is 10.1. The number of anilines is 1. The van der Waals surface area contributed by atoms with Gasteiger partial charge in [0.1, 0.15) is 5.82 Å². The summed E-state index contributed by atoms with van der Waals surface area (Å²) in [5.74, 6) is -0.283. The third-order valence-corrected chi connectivity index (χ3v) is 4.18. The van der Waals surface area contributed by atoms with Crippen molar-refractivity contribution in [2.75, 3.05) is 11.9 Å². The Morgan fingerprint density at radius 2 is 2.05 bits per heavy atom. The molecule has 5 heteroatoms. The molecule has 2 aromatic carbocycles. The van der Waals surface area contributed by atoms with Crippen LogP contribution in [0.2, 0.25) is 5.02 Å². The molecule has 1 atom stereocenters. The Hall–Kier alpha value is -1.10. The molecule has 0 aliphatic heterocycles. The first-order valence-electron chi connectivity index (χ1n) is 6.19. The SMILES string of the molecule is Cc1ccc(NC(CN)c2ccc(F)cc2Br)cc1Cl. The molecule has 0 amide bonds. The van der Waals surface area contributed by atoms with Gasteiger partial charge >= 0.3 is 0 Å². The van der Waals surface area contributed by atoms with Gasteiger partial charge in [0.2, 0.25) is 0 Å². The molecular weight excluding hydrogens is 343 g/mol. The minimum absolute atomic E-state index is 0.122. The average molecular weight is 358 g/mol. The van der Waals surface area contributed by atoms with Crippen LogP contribution in [0.4, 0.5) is 10.1 Å². The third kappa shape index (κ3) is 3.51. The van der Waals surface area contributed by atoms with Gasteiger partial charge in [0.05, 0.1) is 6.04 Å². The molecule has 0 aromatic heterocycles. The number of benzene rings is 2. The van der Waals surface area contributed by atoms with E-state index >= 15 is 0 Å².